The van der Waals surface area contributed by atoms with Crippen molar-refractivity contribution in [3.8, 4) is 0 Å². The van der Waals surface area contributed by atoms with E-state index in [1.807, 2.05) is 54.7 Å². The monoisotopic (exact) mass is 1290 g/mol. The van der Waals surface area contributed by atoms with Gasteiger partial charge in [0.25, 0.3) is 0 Å². The number of aliphatic hydroxyl groups is 1. The second kappa shape index (κ2) is 37.2. The third kappa shape index (κ3) is 22.9. The lowest BCUT2D eigenvalue weighted by atomic mass is 9.90. The van der Waals surface area contributed by atoms with E-state index < -0.39 is 161 Å². The van der Waals surface area contributed by atoms with E-state index in [-0.39, 0.29) is 55.8 Å². The van der Waals surface area contributed by atoms with Crippen LogP contribution >= 0.6 is 11.8 Å². The molecule has 5 N–H and O–H groups in total. The number of amides is 11. The average Bonchev–Trinajstić information content (AvgIpc) is 1.65. The van der Waals surface area contributed by atoms with E-state index in [0.29, 0.717) is 12.8 Å². The number of thioether (sulfide) groups is 1. The number of unbranched alkanes of at least 4 members (excludes halogenated alkanes) is 1. The van der Waals surface area contributed by atoms with Crippen molar-refractivity contribution < 1.29 is 62.6 Å². The first kappa shape index (κ1) is 82.5. The number of carbonyl (C=O) groups is 11. The number of rotatable bonds is 19. The Morgan fingerprint density at radius 2 is 0.933 bits per heavy atom. The SMILES string of the molecule is CCCC[C@@H](C)[C@@H](O)[C@H]1C(=O)N[C@@H](CC)C(=O)N(C)[C@H](C)C(=O)N(C)[C@@H](CC(C)(C)OCSC)C(=O)N[C@@H](C(C)C)C(=O)N(C)[C@@H](CC(C)C)C(=O)N[C@@H](C)C(=O)N[C@H](C)C(=O)N(C)[C@@H](CC(C)C)C(=O)N(C)[C@@H](CC(C)C)C(=O)N(C)[C@@H](C(C)C)C(=O)N1C. The van der Waals surface area contributed by atoms with Crippen molar-refractivity contribution in [3.63, 3.8) is 0 Å². The number of likely N-dealkylation sites (N-methyl/N-ethyl adjacent to an activating group) is 7. The zero-order valence-electron chi connectivity index (χ0n) is 59.6. The van der Waals surface area contributed by atoms with Gasteiger partial charge in [-0.05, 0) is 108 Å². The largest absolute Gasteiger partial charge is 0.390 e. The van der Waals surface area contributed by atoms with Gasteiger partial charge in [0.2, 0.25) is 65.0 Å². The molecule has 0 radical (unpaired) electrons. The predicted octanol–water partition coefficient (Wildman–Crippen LogP) is 4.34. The molecule has 1 heterocycles. The molecule has 0 aliphatic carbocycles. The second-order valence-electron chi connectivity index (χ2n) is 27.7. The Hall–Kier alpha value is -5.56. The van der Waals surface area contributed by atoms with Gasteiger partial charge in [0.15, 0.2) is 0 Å². The summed E-state index contributed by atoms with van der Waals surface area (Å²) in [4.78, 5) is 171. The Kier molecular flexibility index (Phi) is 34.1. The summed E-state index contributed by atoms with van der Waals surface area (Å²) in [6, 6.07) is -13.9. The minimum atomic E-state index is -1.60. The van der Waals surface area contributed by atoms with E-state index >= 15 is 14.4 Å². The Morgan fingerprint density at radius 3 is 1.40 bits per heavy atom. The molecule has 1 fully saturated rings. The lowest BCUT2D eigenvalue weighted by Crippen LogP contribution is -2.64. The van der Waals surface area contributed by atoms with Crippen molar-refractivity contribution in [3.05, 3.63) is 0 Å². The normalized spacial score (nSPS) is 27.0. The van der Waals surface area contributed by atoms with E-state index in [2.05, 4.69) is 21.3 Å². The molecule has 0 unspecified atom stereocenters. The van der Waals surface area contributed by atoms with Gasteiger partial charge in [0.05, 0.1) is 17.6 Å². The fourth-order valence-corrected chi connectivity index (χ4v) is 11.8. The smallest absolute Gasteiger partial charge is 0.246 e. The molecule has 1 aliphatic rings. The summed E-state index contributed by atoms with van der Waals surface area (Å²) in [6.07, 6.45) is 2.68. The summed E-state index contributed by atoms with van der Waals surface area (Å²) in [6.45, 7) is 31.4. The first-order chi connectivity index (χ1) is 41.5. The summed E-state index contributed by atoms with van der Waals surface area (Å²) in [5.74, 6) is -9.50. The van der Waals surface area contributed by atoms with Crippen molar-refractivity contribution in [2.45, 2.75) is 254 Å². The van der Waals surface area contributed by atoms with Crippen LogP contribution in [0.15, 0.2) is 0 Å². The van der Waals surface area contributed by atoms with E-state index in [1.54, 1.807) is 55.4 Å². The number of nitrogens with one attached hydrogen (secondary N) is 4. The molecule has 1 saturated heterocycles. The molecule has 0 spiro atoms. The van der Waals surface area contributed by atoms with Crippen molar-refractivity contribution in [1.29, 1.82) is 0 Å². The van der Waals surface area contributed by atoms with Crippen LogP contribution in [0.4, 0.5) is 0 Å². The zero-order valence-corrected chi connectivity index (χ0v) is 60.5. The molecular formula is C65H119N11O13S. The molecule has 0 aromatic rings. The van der Waals surface area contributed by atoms with Crippen molar-refractivity contribution in [2.24, 2.45) is 35.5 Å². The highest BCUT2D eigenvalue weighted by Crippen LogP contribution is 2.27. The van der Waals surface area contributed by atoms with Gasteiger partial charge < -0.3 is 65.4 Å². The molecule has 0 aromatic heterocycles. The summed E-state index contributed by atoms with van der Waals surface area (Å²) in [7, 11) is 9.95. The van der Waals surface area contributed by atoms with Gasteiger partial charge in [-0.25, -0.2) is 0 Å². The quantitative estimate of drug-likeness (QED) is 0.113. The number of hydrogen-bond acceptors (Lipinski definition) is 14. The van der Waals surface area contributed by atoms with Crippen LogP contribution in [0.1, 0.15) is 176 Å². The van der Waals surface area contributed by atoms with Gasteiger partial charge in [-0.1, -0.05) is 103 Å². The Balaban J connectivity index is 4.45. The predicted molar refractivity (Wildman–Crippen MR) is 352 cm³/mol. The Morgan fingerprint density at radius 1 is 0.489 bits per heavy atom. The van der Waals surface area contributed by atoms with Crippen molar-refractivity contribution in [2.75, 3.05) is 61.5 Å². The molecule has 90 heavy (non-hydrogen) atoms. The molecule has 518 valence electrons. The summed E-state index contributed by atoms with van der Waals surface area (Å²) >= 11 is 1.40. The van der Waals surface area contributed by atoms with Crippen molar-refractivity contribution in [1.82, 2.24) is 55.6 Å². The number of hydrogen-bond donors (Lipinski definition) is 5. The maximum absolute atomic E-state index is 15.2. The minimum Gasteiger partial charge on any atom is -0.390 e. The third-order valence-electron chi connectivity index (χ3n) is 17.4. The van der Waals surface area contributed by atoms with Crippen LogP contribution in [0.3, 0.4) is 0 Å². The summed E-state index contributed by atoms with van der Waals surface area (Å²) in [5.41, 5.74) is -1.03. The van der Waals surface area contributed by atoms with E-state index in [0.717, 1.165) is 16.2 Å². The molecular weight excluding hydrogens is 1170 g/mol. The third-order valence-corrected chi connectivity index (χ3v) is 17.7. The molecule has 1 rings (SSSR count). The molecule has 13 atom stereocenters. The minimum absolute atomic E-state index is 0.00660. The molecule has 0 saturated carbocycles. The van der Waals surface area contributed by atoms with E-state index in [9.17, 15) is 43.5 Å². The fraction of sp³-hybridized carbons (Fsp3) is 0.831. The van der Waals surface area contributed by atoms with Crippen LogP contribution in [-0.2, 0) is 57.5 Å². The number of carbonyl (C=O) groups excluding carboxylic acids is 11. The maximum Gasteiger partial charge on any atom is 0.246 e. The topological polar surface area (TPSA) is 288 Å². The highest BCUT2D eigenvalue weighted by Gasteiger charge is 2.46. The second-order valence-corrected chi connectivity index (χ2v) is 28.5. The molecule has 11 amide bonds. The number of aliphatic hydroxyl groups excluding tert-OH is 1. The maximum atomic E-state index is 15.2. The Bertz CT molecular complexity index is 2430. The Labute approximate surface area is 543 Å². The summed E-state index contributed by atoms with van der Waals surface area (Å²) < 4.78 is 6.14. The highest BCUT2D eigenvalue weighted by atomic mass is 32.2. The van der Waals surface area contributed by atoms with Crippen LogP contribution in [0.2, 0.25) is 0 Å². The zero-order chi connectivity index (χ0) is 69.9. The molecule has 24 nitrogen and oxygen atoms in total. The van der Waals surface area contributed by atoms with Crippen LogP contribution in [0.25, 0.3) is 0 Å². The first-order valence-electron chi connectivity index (χ1n) is 32.4. The van der Waals surface area contributed by atoms with Crippen LogP contribution in [0.5, 0.6) is 0 Å². The van der Waals surface area contributed by atoms with Gasteiger partial charge in [-0.15, -0.1) is 11.8 Å². The van der Waals surface area contributed by atoms with Crippen molar-refractivity contribution >= 4 is 76.7 Å². The van der Waals surface area contributed by atoms with Gasteiger partial charge in [0, 0.05) is 55.8 Å². The van der Waals surface area contributed by atoms with Crippen LogP contribution in [-0.4, -0.2) is 244 Å². The molecule has 0 bridgehead atoms. The van der Waals surface area contributed by atoms with Gasteiger partial charge in [0.1, 0.15) is 66.5 Å². The first-order valence-corrected chi connectivity index (χ1v) is 33.8. The standard InChI is InChI=1S/C65H119N11O13S/c1-27-29-30-41(13)53(77)52-57(81)68-45(28-2)60(84)70(19)44(16)59(83)74(23)49(34-65(17,18)89-35-90-26)56(80)69-50(39(9)10)63(87)71(20)46(31-36(3)4)55(79)66-42(14)54(78)67-43(15)58(82)72(21)47(32-37(5)6)61(85)73(22)48(33-38(7)8)62(86)75(24)51(40(11)12)64(88)76(52)25/h36-53,77H,27-35H2,1-26H3,(H,66,79)(H,67,78)(H,68,81)(H,69,80)/t41-,42+,43-,44-,45+,46+,47+,48+,49+,50+,51+,52+,53-/m1/s1. The van der Waals surface area contributed by atoms with Crippen LogP contribution < -0.4 is 21.3 Å². The lowest BCUT2D eigenvalue weighted by molar-refractivity contribution is -0.157. The van der Waals surface area contributed by atoms with Crippen LogP contribution in [0, 0.1) is 35.5 Å². The number of nitrogens with zero attached hydrogens (tertiary/aromatic N) is 7. The molecule has 1 aliphatic heterocycles. The summed E-state index contributed by atoms with van der Waals surface area (Å²) in [5, 5.41) is 23.3. The van der Waals surface area contributed by atoms with Gasteiger partial charge in [-0.2, -0.15) is 0 Å². The van der Waals surface area contributed by atoms with Gasteiger partial charge in [-0.3, -0.25) is 52.7 Å². The van der Waals surface area contributed by atoms with E-state index in [4.69, 9.17) is 4.74 Å². The molecule has 0 aromatic carbocycles. The molecule has 25 heteroatoms. The fourth-order valence-electron chi connectivity index (χ4n) is 11.4. The lowest BCUT2D eigenvalue weighted by Gasteiger charge is -2.41. The number of ether oxygens (including phenoxy) is 1. The average molecular weight is 1290 g/mol. The van der Waals surface area contributed by atoms with Gasteiger partial charge >= 0.3 is 0 Å². The highest BCUT2D eigenvalue weighted by molar-refractivity contribution is 7.98. The van der Waals surface area contributed by atoms with E-state index in [1.165, 1.54) is 106 Å².